The number of anilines is 1. The molecular weight excluding hydrogens is 259 g/mol. The fraction of sp³-hybridized carbons (Fsp3) is 0.533. The number of piperidine rings is 1. The number of aliphatic hydroxyl groups is 1. The molecule has 0 saturated carbocycles. The van der Waals surface area contributed by atoms with Gasteiger partial charge in [-0.1, -0.05) is 12.1 Å². The second-order valence-corrected chi connectivity index (χ2v) is 5.41. The second kappa shape index (κ2) is 6.81. The van der Waals surface area contributed by atoms with Gasteiger partial charge in [-0.25, -0.2) is 4.39 Å². The van der Waals surface area contributed by atoms with Crippen LogP contribution in [-0.4, -0.2) is 41.7 Å². The fourth-order valence-corrected chi connectivity index (χ4v) is 2.58. The van der Waals surface area contributed by atoms with Crippen molar-refractivity contribution in [3.63, 3.8) is 0 Å². The van der Waals surface area contributed by atoms with E-state index in [1.54, 1.807) is 25.1 Å². The van der Waals surface area contributed by atoms with Crippen molar-refractivity contribution in [2.24, 2.45) is 5.92 Å². The molecule has 1 fully saturated rings. The van der Waals surface area contributed by atoms with Crippen LogP contribution in [0.1, 0.15) is 19.8 Å². The quantitative estimate of drug-likeness (QED) is 0.885. The molecule has 1 heterocycles. The van der Waals surface area contributed by atoms with Crippen molar-refractivity contribution in [3.05, 3.63) is 30.1 Å². The molecule has 5 heteroatoms. The number of likely N-dealkylation sites (tertiary alicyclic amines) is 1. The summed E-state index contributed by atoms with van der Waals surface area (Å²) in [7, 11) is 0. The van der Waals surface area contributed by atoms with Crippen LogP contribution >= 0.6 is 0 Å². The van der Waals surface area contributed by atoms with Gasteiger partial charge < -0.3 is 10.4 Å². The van der Waals surface area contributed by atoms with E-state index in [1.807, 2.05) is 4.90 Å². The molecule has 1 aliphatic heterocycles. The van der Waals surface area contributed by atoms with E-state index in [0.717, 1.165) is 19.4 Å². The van der Waals surface area contributed by atoms with Crippen LogP contribution in [0.3, 0.4) is 0 Å². The monoisotopic (exact) mass is 280 g/mol. The maximum absolute atomic E-state index is 13.4. The number of halogens is 1. The van der Waals surface area contributed by atoms with Crippen molar-refractivity contribution in [1.29, 1.82) is 0 Å². The largest absolute Gasteiger partial charge is 0.393 e. The van der Waals surface area contributed by atoms with Crippen molar-refractivity contribution in [2.45, 2.75) is 25.9 Å². The third-order valence-electron chi connectivity index (χ3n) is 3.74. The maximum Gasteiger partial charge on any atom is 0.238 e. The Morgan fingerprint density at radius 3 is 3.00 bits per heavy atom. The molecule has 0 spiro atoms. The van der Waals surface area contributed by atoms with E-state index in [2.05, 4.69) is 5.32 Å². The van der Waals surface area contributed by atoms with Crippen LogP contribution in [0.2, 0.25) is 0 Å². The summed E-state index contributed by atoms with van der Waals surface area (Å²) in [5.41, 5.74) is 0.210. The number of benzene rings is 1. The SMILES string of the molecule is CC(O)C1CCCN(CC(=O)Nc2ccccc2F)C1. The molecule has 20 heavy (non-hydrogen) atoms. The van der Waals surface area contributed by atoms with Gasteiger partial charge in [0, 0.05) is 6.54 Å². The lowest BCUT2D eigenvalue weighted by Crippen LogP contribution is -2.43. The van der Waals surface area contributed by atoms with E-state index < -0.39 is 5.82 Å². The number of carbonyl (C=O) groups excluding carboxylic acids is 1. The maximum atomic E-state index is 13.4. The standard InChI is InChI=1S/C15H21FN2O2/c1-11(19)12-5-4-8-18(9-12)10-15(20)17-14-7-3-2-6-13(14)16/h2-3,6-7,11-12,19H,4-5,8-10H2,1H3,(H,17,20). The van der Waals surface area contributed by atoms with Crippen LogP contribution in [-0.2, 0) is 4.79 Å². The molecule has 4 nitrogen and oxygen atoms in total. The van der Waals surface area contributed by atoms with Crippen LogP contribution < -0.4 is 5.32 Å². The third-order valence-corrected chi connectivity index (χ3v) is 3.74. The van der Waals surface area contributed by atoms with E-state index >= 15 is 0 Å². The lowest BCUT2D eigenvalue weighted by molar-refractivity contribution is -0.118. The van der Waals surface area contributed by atoms with E-state index in [-0.39, 0.29) is 30.2 Å². The first kappa shape index (κ1) is 14.9. The lowest BCUT2D eigenvalue weighted by Gasteiger charge is -2.33. The molecule has 2 N–H and O–H groups in total. The first-order valence-electron chi connectivity index (χ1n) is 7.01. The summed E-state index contributed by atoms with van der Waals surface area (Å²) in [6, 6.07) is 6.13. The van der Waals surface area contributed by atoms with Gasteiger partial charge in [-0.05, 0) is 44.4 Å². The number of aliphatic hydroxyl groups excluding tert-OH is 1. The Hall–Kier alpha value is -1.46. The van der Waals surface area contributed by atoms with Gasteiger partial charge in [0.2, 0.25) is 5.91 Å². The van der Waals surface area contributed by atoms with Crippen LogP contribution in [0.4, 0.5) is 10.1 Å². The molecule has 2 unspecified atom stereocenters. The van der Waals surface area contributed by atoms with Crippen molar-refractivity contribution in [3.8, 4) is 0 Å². The highest BCUT2D eigenvalue weighted by atomic mass is 19.1. The Morgan fingerprint density at radius 2 is 2.30 bits per heavy atom. The van der Waals surface area contributed by atoms with Gasteiger partial charge in [-0.2, -0.15) is 0 Å². The molecule has 1 amide bonds. The Morgan fingerprint density at radius 1 is 1.55 bits per heavy atom. The Balaban J connectivity index is 1.87. The van der Waals surface area contributed by atoms with Gasteiger partial charge in [-0.15, -0.1) is 0 Å². The first-order valence-corrected chi connectivity index (χ1v) is 7.01. The van der Waals surface area contributed by atoms with Gasteiger partial charge in [0.25, 0.3) is 0 Å². The number of nitrogens with zero attached hydrogens (tertiary/aromatic N) is 1. The predicted molar refractivity (Wildman–Crippen MR) is 75.9 cm³/mol. The van der Waals surface area contributed by atoms with Crippen molar-refractivity contribution in [2.75, 3.05) is 25.0 Å². The second-order valence-electron chi connectivity index (χ2n) is 5.41. The lowest BCUT2D eigenvalue weighted by atomic mass is 9.93. The molecule has 110 valence electrons. The Kier molecular flexibility index (Phi) is 5.09. The smallest absolute Gasteiger partial charge is 0.238 e. The summed E-state index contributed by atoms with van der Waals surface area (Å²) in [4.78, 5) is 13.9. The number of hydrogen-bond donors (Lipinski definition) is 2. The minimum absolute atomic E-state index is 0.210. The molecule has 1 aromatic carbocycles. The zero-order chi connectivity index (χ0) is 14.5. The zero-order valence-electron chi connectivity index (χ0n) is 11.7. The molecule has 0 aliphatic carbocycles. The number of rotatable bonds is 4. The van der Waals surface area contributed by atoms with Crippen molar-refractivity contribution >= 4 is 11.6 Å². The van der Waals surface area contributed by atoms with E-state index in [0.29, 0.717) is 6.54 Å². The highest BCUT2D eigenvalue weighted by Crippen LogP contribution is 2.19. The van der Waals surface area contributed by atoms with Crippen molar-refractivity contribution in [1.82, 2.24) is 4.90 Å². The Labute approximate surface area is 118 Å². The van der Waals surface area contributed by atoms with E-state index in [1.165, 1.54) is 6.07 Å². The van der Waals surface area contributed by atoms with Gasteiger partial charge in [0.15, 0.2) is 0 Å². The van der Waals surface area contributed by atoms with Crippen LogP contribution in [0, 0.1) is 11.7 Å². The van der Waals surface area contributed by atoms with E-state index in [4.69, 9.17) is 0 Å². The van der Waals surface area contributed by atoms with Gasteiger partial charge >= 0.3 is 0 Å². The van der Waals surface area contributed by atoms with Crippen LogP contribution in [0.15, 0.2) is 24.3 Å². The summed E-state index contributed by atoms with van der Waals surface area (Å²) in [6.07, 6.45) is 1.61. The minimum atomic E-state index is -0.429. The zero-order valence-corrected chi connectivity index (χ0v) is 11.7. The molecular formula is C15H21FN2O2. The number of para-hydroxylation sites is 1. The molecule has 2 atom stereocenters. The highest BCUT2D eigenvalue weighted by Gasteiger charge is 2.24. The minimum Gasteiger partial charge on any atom is -0.393 e. The Bertz CT molecular complexity index is 465. The van der Waals surface area contributed by atoms with Gasteiger partial charge in [-0.3, -0.25) is 9.69 Å². The molecule has 1 aromatic rings. The topological polar surface area (TPSA) is 52.6 Å². The number of carbonyl (C=O) groups is 1. The first-order chi connectivity index (χ1) is 9.56. The van der Waals surface area contributed by atoms with Gasteiger partial charge in [0.05, 0.1) is 18.3 Å². The average Bonchev–Trinajstić information content (AvgIpc) is 2.41. The van der Waals surface area contributed by atoms with Gasteiger partial charge in [0.1, 0.15) is 5.82 Å². The van der Waals surface area contributed by atoms with Crippen LogP contribution in [0.25, 0.3) is 0 Å². The number of nitrogens with one attached hydrogen (secondary N) is 1. The predicted octanol–water partition coefficient (Wildman–Crippen LogP) is 1.86. The fourth-order valence-electron chi connectivity index (χ4n) is 2.58. The molecule has 1 saturated heterocycles. The summed E-state index contributed by atoms with van der Waals surface area (Å²) >= 11 is 0. The molecule has 0 radical (unpaired) electrons. The summed E-state index contributed by atoms with van der Waals surface area (Å²) in [6.45, 7) is 3.57. The summed E-state index contributed by atoms with van der Waals surface area (Å²) < 4.78 is 13.4. The van der Waals surface area contributed by atoms with E-state index in [9.17, 15) is 14.3 Å². The molecule has 0 bridgehead atoms. The molecule has 0 aromatic heterocycles. The third kappa shape index (κ3) is 4.02. The molecule has 1 aliphatic rings. The normalized spacial score (nSPS) is 21.4. The summed E-state index contributed by atoms with van der Waals surface area (Å²) in [5.74, 6) is -0.437. The number of hydrogen-bond acceptors (Lipinski definition) is 3. The number of amides is 1. The summed E-state index contributed by atoms with van der Waals surface area (Å²) in [5, 5.41) is 12.2. The molecule has 2 rings (SSSR count). The van der Waals surface area contributed by atoms with Crippen LogP contribution in [0.5, 0.6) is 0 Å². The highest BCUT2D eigenvalue weighted by molar-refractivity contribution is 5.92. The average molecular weight is 280 g/mol. The van der Waals surface area contributed by atoms with Crippen molar-refractivity contribution < 1.29 is 14.3 Å².